The Morgan fingerprint density at radius 2 is 0.944 bits per heavy atom. The van der Waals surface area contributed by atoms with Crippen molar-refractivity contribution < 1.29 is 9.85 Å². The molecular formula is C28H38N4O4. The first-order valence-electron chi connectivity index (χ1n) is 12.5. The van der Waals surface area contributed by atoms with Crippen molar-refractivity contribution in [2.75, 3.05) is 10.9 Å². The van der Waals surface area contributed by atoms with Crippen LogP contribution in [0.1, 0.15) is 102 Å². The van der Waals surface area contributed by atoms with Crippen LogP contribution in [0.4, 0.5) is 22.7 Å². The molecule has 8 heteroatoms. The fourth-order valence-corrected chi connectivity index (χ4v) is 7.40. The average Bonchev–Trinajstić information content (AvgIpc) is 2.99. The third-order valence-corrected chi connectivity index (χ3v) is 8.38. The molecule has 2 aliphatic carbocycles. The van der Waals surface area contributed by atoms with E-state index in [1.54, 1.807) is 13.8 Å². The molecule has 194 valence electrons. The van der Waals surface area contributed by atoms with Crippen LogP contribution in [0.5, 0.6) is 0 Å². The third-order valence-electron chi connectivity index (χ3n) is 8.38. The van der Waals surface area contributed by atoms with Crippen LogP contribution in [0.25, 0.3) is 0 Å². The standard InChI is InChI=1S/C28H38N4O4/c1-15-19(11-17-21(23(15)31(33)34)27(7,8)13-25(17,3)4)29-30-20-12-18-22(24(16(20)2)32(35)36)28(9,10)14-26(18,5)6/h11-12,29-30H,13-14H2,1-10H3. The molecule has 36 heavy (non-hydrogen) atoms. The Kier molecular flexibility index (Phi) is 5.52. The number of nitro benzene ring substituents is 2. The fraction of sp³-hybridized carbons (Fsp3) is 0.571. The molecule has 0 saturated carbocycles. The number of anilines is 2. The van der Waals surface area contributed by atoms with E-state index >= 15 is 0 Å². The molecule has 4 rings (SSSR count). The molecule has 2 aromatic rings. The van der Waals surface area contributed by atoms with E-state index in [2.05, 4.69) is 66.2 Å². The van der Waals surface area contributed by atoms with Crippen LogP contribution in [-0.4, -0.2) is 9.85 Å². The number of nitro groups is 2. The van der Waals surface area contributed by atoms with Gasteiger partial charge in [0.1, 0.15) is 0 Å². The summed E-state index contributed by atoms with van der Waals surface area (Å²) in [7, 11) is 0. The Labute approximate surface area is 213 Å². The Bertz CT molecular complexity index is 1220. The van der Waals surface area contributed by atoms with E-state index in [0.717, 1.165) is 35.1 Å². The van der Waals surface area contributed by atoms with Crippen molar-refractivity contribution in [2.24, 2.45) is 0 Å². The quantitative estimate of drug-likeness (QED) is 0.329. The number of benzene rings is 2. The second kappa shape index (κ2) is 7.67. The van der Waals surface area contributed by atoms with Gasteiger partial charge in [-0.25, -0.2) is 0 Å². The molecule has 0 bridgehead atoms. The first kappa shape index (κ1) is 25.9. The number of nitrogens with zero attached hydrogens (tertiary/aromatic N) is 2. The van der Waals surface area contributed by atoms with E-state index in [4.69, 9.17) is 0 Å². The van der Waals surface area contributed by atoms with Gasteiger partial charge in [0, 0.05) is 11.1 Å². The lowest BCUT2D eigenvalue weighted by Crippen LogP contribution is -2.18. The highest BCUT2D eigenvalue weighted by Crippen LogP contribution is 2.56. The lowest BCUT2D eigenvalue weighted by Gasteiger charge is -2.23. The molecule has 0 saturated heterocycles. The Balaban J connectivity index is 1.84. The van der Waals surface area contributed by atoms with Gasteiger partial charge in [-0.15, -0.1) is 0 Å². The van der Waals surface area contributed by atoms with Gasteiger partial charge >= 0.3 is 0 Å². The van der Waals surface area contributed by atoms with Gasteiger partial charge in [-0.3, -0.25) is 20.2 Å². The topological polar surface area (TPSA) is 110 Å². The van der Waals surface area contributed by atoms with Crippen molar-refractivity contribution in [1.82, 2.24) is 0 Å². The van der Waals surface area contributed by atoms with Gasteiger partial charge in [0.25, 0.3) is 11.4 Å². The van der Waals surface area contributed by atoms with Gasteiger partial charge in [0.2, 0.25) is 0 Å². The molecule has 2 aliphatic rings. The number of hydrogen-bond donors (Lipinski definition) is 2. The summed E-state index contributed by atoms with van der Waals surface area (Å²) in [6, 6.07) is 4.01. The van der Waals surface area contributed by atoms with Crippen LogP contribution in [0.2, 0.25) is 0 Å². The maximum absolute atomic E-state index is 12.2. The van der Waals surface area contributed by atoms with Crippen LogP contribution in [0, 0.1) is 34.1 Å². The van der Waals surface area contributed by atoms with E-state index in [9.17, 15) is 20.2 Å². The highest BCUT2D eigenvalue weighted by atomic mass is 16.6. The molecule has 0 aliphatic heterocycles. The monoisotopic (exact) mass is 494 g/mol. The molecule has 0 amide bonds. The Morgan fingerprint density at radius 1 is 0.639 bits per heavy atom. The summed E-state index contributed by atoms with van der Waals surface area (Å²) in [6.07, 6.45) is 1.63. The largest absolute Gasteiger partial charge is 0.300 e. The normalized spacial score (nSPS) is 19.9. The molecule has 0 aromatic heterocycles. The minimum Gasteiger partial charge on any atom is -0.300 e. The van der Waals surface area contributed by atoms with Crippen molar-refractivity contribution in [3.05, 3.63) is 65.7 Å². The molecular weight excluding hydrogens is 456 g/mol. The molecule has 2 aromatic carbocycles. The second-order valence-corrected chi connectivity index (χ2v) is 13.3. The van der Waals surface area contributed by atoms with E-state index in [0.29, 0.717) is 22.5 Å². The molecule has 0 fully saturated rings. The Morgan fingerprint density at radius 3 is 1.22 bits per heavy atom. The van der Waals surface area contributed by atoms with Crippen LogP contribution >= 0.6 is 0 Å². The third kappa shape index (κ3) is 3.73. The van der Waals surface area contributed by atoms with E-state index in [1.165, 1.54) is 0 Å². The summed E-state index contributed by atoms with van der Waals surface area (Å²) in [5.41, 5.74) is 11.4. The molecule has 0 atom stereocenters. The number of nitrogens with one attached hydrogen (secondary N) is 2. The molecule has 0 radical (unpaired) electrons. The predicted molar refractivity (Wildman–Crippen MR) is 144 cm³/mol. The van der Waals surface area contributed by atoms with Crippen LogP contribution in [-0.2, 0) is 21.7 Å². The van der Waals surface area contributed by atoms with Gasteiger partial charge in [-0.1, -0.05) is 55.4 Å². The summed E-state index contributed by atoms with van der Waals surface area (Å²) in [4.78, 5) is 23.9. The fourth-order valence-electron chi connectivity index (χ4n) is 7.40. The van der Waals surface area contributed by atoms with E-state index < -0.39 is 0 Å². The molecule has 0 spiro atoms. The van der Waals surface area contributed by atoms with Crippen molar-refractivity contribution >= 4 is 22.7 Å². The maximum Gasteiger partial charge on any atom is 0.278 e. The zero-order valence-corrected chi connectivity index (χ0v) is 23.1. The Hall–Kier alpha value is -3.16. The van der Waals surface area contributed by atoms with Crippen LogP contribution in [0.3, 0.4) is 0 Å². The second-order valence-electron chi connectivity index (χ2n) is 13.3. The number of rotatable bonds is 5. The van der Waals surface area contributed by atoms with Gasteiger partial charge < -0.3 is 10.9 Å². The molecule has 2 N–H and O–H groups in total. The zero-order valence-electron chi connectivity index (χ0n) is 23.1. The average molecular weight is 495 g/mol. The summed E-state index contributed by atoms with van der Waals surface area (Å²) >= 11 is 0. The summed E-state index contributed by atoms with van der Waals surface area (Å²) in [5.74, 6) is 0. The number of fused-ring (bicyclic) bond motifs is 2. The highest BCUT2D eigenvalue weighted by Gasteiger charge is 2.49. The zero-order chi connectivity index (χ0) is 27.2. The predicted octanol–water partition coefficient (Wildman–Crippen LogP) is 7.48. The summed E-state index contributed by atoms with van der Waals surface area (Å²) in [6.45, 7) is 20.3. The van der Waals surface area contributed by atoms with Crippen LogP contribution < -0.4 is 10.9 Å². The van der Waals surface area contributed by atoms with Gasteiger partial charge in [-0.05, 0) is 71.6 Å². The number of hydrazine groups is 1. The minimum atomic E-state index is -0.312. The SMILES string of the molecule is Cc1c(NNc2cc3c(c([N+](=O)[O-])c2C)C(C)(C)CC3(C)C)cc2c(c1[N+](=O)[O-])C(C)(C)CC2(C)C. The number of hydrogen-bond acceptors (Lipinski definition) is 6. The van der Waals surface area contributed by atoms with Crippen molar-refractivity contribution in [3.8, 4) is 0 Å². The summed E-state index contributed by atoms with van der Waals surface area (Å²) < 4.78 is 0. The first-order chi connectivity index (χ1) is 16.3. The first-order valence-corrected chi connectivity index (χ1v) is 12.5. The van der Waals surface area contributed by atoms with Gasteiger partial charge in [-0.2, -0.15) is 0 Å². The maximum atomic E-state index is 12.2. The van der Waals surface area contributed by atoms with Gasteiger partial charge in [0.05, 0.1) is 32.3 Å². The molecule has 8 nitrogen and oxygen atoms in total. The highest BCUT2D eigenvalue weighted by molar-refractivity contribution is 5.75. The lowest BCUT2D eigenvalue weighted by molar-refractivity contribution is -0.386. The lowest BCUT2D eigenvalue weighted by atomic mass is 9.81. The minimum absolute atomic E-state index is 0.145. The van der Waals surface area contributed by atoms with E-state index in [1.807, 2.05) is 12.1 Å². The molecule has 0 heterocycles. The van der Waals surface area contributed by atoms with Crippen molar-refractivity contribution in [1.29, 1.82) is 0 Å². The smallest absolute Gasteiger partial charge is 0.278 e. The van der Waals surface area contributed by atoms with Crippen molar-refractivity contribution in [3.63, 3.8) is 0 Å². The molecule has 0 unspecified atom stereocenters. The van der Waals surface area contributed by atoms with Crippen LogP contribution in [0.15, 0.2) is 12.1 Å². The van der Waals surface area contributed by atoms with E-state index in [-0.39, 0.29) is 42.9 Å². The van der Waals surface area contributed by atoms with Gasteiger partial charge in [0.15, 0.2) is 0 Å². The summed E-state index contributed by atoms with van der Waals surface area (Å²) in [5, 5.41) is 24.4. The van der Waals surface area contributed by atoms with Crippen molar-refractivity contribution in [2.45, 2.75) is 104 Å².